The second-order valence-corrected chi connectivity index (χ2v) is 7.81. The molecule has 1 atom stereocenters. The Hall–Kier alpha value is -3.39. The van der Waals surface area contributed by atoms with Gasteiger partial charge in [0.25, 0.3) is 5.91 Å². The Labute approximate surface area is 184 Å². The van der Waals surface area contributed by atoms with Crippen molar-refractivity contribution in [3.8, 4) is 5.75 Å². The molecule has 4 rings (SSSR count). The third kappa shape index (κ3) is 4.60. The summed E-state index contributed by atoms with van der Waals surface area (Å²) in [5, 5.41) is 0. The summed E-state index contributed by atoms with van der Waals surface area (Å²) in [5.74, 6) is -0.389. The maximum absolute atomic E-state index is 13.4. The number of hydrogen-bond donors (Lipinski definition) is 0. The zero-order chi connectivity index (χ0) is 22.9. The molecule has 0 saturated carbocycles. The monoisotopic (exact) mass is 441 g/mol. The fourth-order valence-electron chi connectivity index (χ4n) is 4.11. The second kappa shape index (κ2) is 8.63. The maximum Gasteiger partial charge on any atom is 0.573 e. The largest absolute Gasteiger partial charge is 0.573 e. The third-order valence-electron chi connectivity index (χ3n) is 5.46. The Morgan fingerprint density at radius 3 is 2.38 bits per heavy atom. The molecular weight excluding hydrogens is 419 g/mol. The van der Waals surface area contributed by atoms with Crippen LogP contribution in [-0.4, -0.2) is 34.1 Å². The molecule has 32 heavy (non-hydrogen) atoms. The molecule has 1 amide bonds. The van der Waals surface area contributed by atoms with E-state index in [1.165, 1.54) is 12.1 Å². The van der Waals surface area contributed by atoms with Crippen LogP contribution in [0.4, 0.5) is 13.2 Å². The van der Waals surface area contributed by atoms with Crippen LogP contribution in [-0.2, 0) is 13.1 Å². The summed E-state index contributed by atoms with van der Waals surface area (Å²) < 4.78 is 41.3. The van der Waals surface area contributed by atoms with E-state index >= 15 is 0 Å². The molecule has 0 radical (unpaired) electrons. The van der Waals surface area contributed by atoms with Gasteiger partial charge in [-0.05, 0) is 54.9 Å². The number of alkyl halides is 3. The van der Waals surface area contributed by atoms with E-state index in [1.54, 1.807) is 29.4 Å². The van der Waals surface area contributed by atoms with Gasteiger partial charge in [-0.1, -0.05) is 30.3 Å². The number of fused-ring (bicyclic) bond motifs is 1. The van der Waals surface area contributed by atoms with Gasteiger partial charge in [0.1, 0.15) is 11.9 Å². The van der Waals surface area contributed by atoms with E-state index < -0.39 is 6.36 Å². The van der Waals surface area contributed by atoms with Crippen molar-refractivity contribution in [3.63, 3.8) is 0 Å². The van der Waals surface area contributed by atoms with E-state index in [0.717, 1.165) is 16.7 Å². The van der Waals surface area contributed by atoms with Crippen molar-refractivity contribution in [1.29, 1.82) is 0 Å². The fraction of sp³-hybridized carbons (Fsp3) is 0.250. The highest BCUT2D eigenvalue weighted by Crippen LogP contribution is 2.39. The minimum absolute atomic E-state index is 0.0969. The van der Waals surface area contributed by atoms with Crippen LogP contribution in [0.15, 0.2) is 67.0 Å². The van der Waals surface area contributed by atoms with E-state index in [4.69, 9.17) is 0 Å². The van der Waals surface area contributed by atoms with Crippen LogP contribution >= 0.6 is 0 Å². The van der Waals surface area contributed by atoms with Crippen molar-refractivity contribution in [3.05, 3.63) is 94.8 Å². The van der Waals surface area contributed by atoms with Gasteiger partial charge in [0.15, 0.2) is 0 Å². The lowest BCUT2D eigenvalue weighted by molar-refractivity contribution is -0.274. The average molecular weight is 441 g/mol. The summed E-state index contributed by atoms with van der Waals surface area (Å²) in [5.41, 5.74) is 4.26. The van der Waals surface area contributed by atoms with E-state index in [-0.39, 0.29) is 24.4 Å². The average Bonchev–Trinajstić information content (AvgIpc) is 3.02. The Morgan fingerprint density at radius 2 is 1.72 bits per heavy atom. The van der Waals surface area contributed by atoms with Gasteiger partial charge in [0.2, 0.25) is 0 Å². The zero-order valence-electron chi connectivity index (χ0n) is 17.6. The molecule has 0 N–H and O–H groups in total. The lowest BCUT2D eigenvalue weighted by Gasteiger charge is -2.33. The quantitative estimate of drug-likeness (QED) is 0.536. The molecule has 0 fully saturated rings. The number of halogens is 3. The molecule has 1 aliphatic heterocycles. The van der Waals surface area contributed by atoms with E-state index in [2.05, 4.69) is 14.6 Å². The molecule has 5 nitrogen and oxygen atoms in total. The van der Waals surface area contributed by atoms with Crippen LogP contribution in [0.25, 0.3) is 0 Å². The maximum atomic E-state index is 13.4. The molecular formula is C24H22F3N3O2. The summed E-state index contributed by atoms with van der Waals surface area (Å²) in [6, 6.07) is 15.3. The Morgan fingerprint density at radius 1 is 1.03 bits per heavy atom. The number of amides is 1. The fourth-order valence-corrected chi connectivity index (χ4v) is 4.11. The number of pyridine rings is 1. The van der Waals surface area contributed by atoms with Crippen LogP contribution in [0.2, 0.25) is 0 Å². The molecule has 2 aromatic carbocycles. The van der Waals surface area contributed by atoms with Crippen molar-refractivity contribution in [2.75, 3.05) is 7.05 Å². The number of aryl methyl sites for hydroxylation is 1. The lowest BCUT2D eigenvalue weighted by Crippen LogP contribution is -2.37. The first-order valence-corrected chi connectivity index (χ1v) is 10.1. The standard InChI is InChI=1S/C24H22F3N3O2/c1-16-4-3-5-20-21(16)23(31)30(22(20)29(2)14-18-10-12-28-13-11-18)15-17-6-8-19(9-7-17)32-24(25,26)27/h3-13,22H,14-15H2,1-2H3/t22-/m0/s1. The first-order valence-electron chi connectivity index (χ1n) is 10.1. The molecule has 0 unspecified atom stereocenters. The molecule has 0 bridgehead atoms. The molecule has 0 aliphatic carbocycles. The van der Waals surface area contributed by atoms with E-state index in [1.807, 2.05) is 44.3 Å². The predicted molar refractivity (Wildman–Crippen MR) is 113 cm³/mol. The first kappa shape index (κ1) is 21.8. The number of aromatic nitrogens is 1. The van der Waals surface area contributed by atoms with Crippen molar-refractivity contribution in [2.45, 2.75) is 32.5 Å². The van der Waals surface area contributed by atoms with Crippen molar-refractivity contribution >= 4 is 5.91 Å². The van der Waals surface area contributed by atoms with Gasteiger partial charge in [-0.15, -0.1) is 13.2 Å². The number of hydrogen-bond acceptors (Lipinski definition) is 4. The first-order chi connectivity index (χ1) is 15.2. The lowest BCUT2D eigenvalue weighted by atomic mass is 10.0. The van der Waals surface area contributed by atoms with Gasteiger partial charge in [-0.25, -0.2) is 0 Å². The Bertz CT molecular complexity index is 1100. The molecule has 2 heterocycles. The van der Waals surface area contributed by atoms with Gasteiger partial charge in [-0.3, -0.25) is 14.7 Å². The topological polar surface area (TPSA) is 45.7 Å². The highest BCUT2D eigenvalue weighted by molar-refractivity contribution is 6.00. The number of ether oxygens (including phenoxy) is 1. The minimum Gasteiger partial charge on any atom is -0.406 e. The number of carbonyl (C=O) groups excluding carboxylic acids is 1. The highest BCUT2D eigenvalue weighted by atomic mass is 19.4. The van der Waals surface area contributed by atoms with Crippen LogP contribution in [0, 0.1) is 6.92 Å². The molecule has 3 aromatic rings. The zero-order valence-corrected chi connectivity index (χ0v) is 17.6. The number of nitrogens with zero attached hydrogens (tertiary/aromatic N) is 3. The SMILES string of the molecule is Cc1cccc2c1C(=O)N(Cc1ccc(OC(F)(F)F)cc1)[C@@H]2N(C)Cc1ccncc1. The number of benzene rings is 2. The van der Waals surface area contributed by atoms with Gasteiger partial charge < -0.3 is 9.64 Å². The Kier molecular flexibility index (Phi) is 5.88. The number of carbonyl (C=O) groups is 1. The van der Waals surface area contributed by atoms with E-state index in [9.17, 15) is 18.0 Å². The van der Waals surface area contributed by atoms with Crippen molar-refractivity contribution < 1.29 is 22.7 Å². The van der Waals surface area contributed by atoms with Crippen LogP contribution in [0.5, 0.6) is 5.75 Å². The molecule has 0 saturated heterocycles. The number of rotatable bonds is 6. The normalized spacial score (nSPS) is 15.9. The molecule has 8 heteroatoms. The summed E-state index contributed by atoms with van der Waals surface area (Å²) >= 11 is 0. The Balaban J connectivity index is 1.62. The van der Waals surface area contributed by atoms with E-state index in [0.29, 0.717) is 17.7 Å². The third-order valence-corrected chi connectivity index (χ3v) is 5.46. The second-order valence-electron chi connectivity index (χ2n) is 7.81. The summed E-state index contributed by atoms with van der Waals surface area (Å²) in [7, 11) is 1.95. The summed E-state index contributed by atoms with van der Waals surface area (Å²) in [6.45, 7) is 2.76. The summed E-state index contributed by atoms with van der Waals surface area (Å²) in [4.78, 5) is 21.2. The minimum atomic E-state index is -4.74. The van der Waals surface area contributed by atoms with Crippen LogP contribution < -0.4 is 4.74 Å². The van der Waals surface area contributed by atoms with Gasteiger partial charge in [0.05, 0.1) is 0 Å². The van der Waals surface area contributed by atoms with Crippen LogP contribution in [0.1, 0.15) is 38.8 Å². The highest BCUT2D eigenvalue weighted by Gasteiger charge is 2.40. The molecule has 166 valence electrons. The van der Waals surface area contributed by atoms with Crippen molar-refractivity contribution in [2.24, 2.45) is 0 Å². The van der Waals surface area contributed by atoms with Crippen LogP contribution in [0.3, 0.4) is 0 Å². The molecule has 1 aromatic heterocycles. The van der Waals surface area contributed by atoms with Crippen molar-refractivity contribution in [1.82, 2.24) is 14.8 Å². The predicted octanol–water partition coefficient (Wildman–Crippen LogP) is 5.08. The van der Waals surface area contributed by atoms with Gasteiger partial charge >= 0.3 is 6.36 Å². The smallest absolute Gasteiger partial charge is 0.406 e. The molecule has 1 aliphatic rings. The molecule has 0 spiro atoms. The summed E-state index contributed by atoms with van der Waals surface area (Å²) in [6.07, 6.45) is -1.60. The van der Waals surface area contributed by atoms with Gasteiger partial charge in [-0.2, -0.15) is 0 Å². The van der Waals surface area contributed by atoms with Gasteiger partial charge in [0, 0.05) is 36.6 Å².